The van der Waals surface area contributed by atoms with Crippen molar-refractivity contribution in [3.8, 4) is 5.75 Å². The van der Waals surface area contributed by atoms with Crippen molar-refractivity contribution in [1.29, 1.82) is 0 Å². The van der Waals surface area contributed by atoms with Crippen LogP contribution in [-0.2, 0) is 19.5 Å². The predicted molar refractivity (Wildman–Crippen MR) is 119 cm³/mol. The van der Waals surface area contributed by atoms with Gasteiger partial charge in [0.15, 0.2) is 0 Å². The molecule has 0 bridgehead atoms. The molecule has 160 valence electrons. The Hall–Kier alpha value is -1.88. The summed E-state index contributed by atoms with van der Waals surface area (Å²) in [6.45, 7) is 3.76. The van der Waals surface area contributed by atoms with E-state index in [9.17, 15) is 5.11 Å². The molecule has 0 radical (unpaired) electrons. The second kappa shape index (κ2) is 9.09. The van der Waals surface area contributed by atoms with Crippen LogP contribution in [0.3, 0.4) is 0 Å². The molecule has 2 aromatic carbocycles. The molecule has 0 amide bonds. The zero-order valence-corrected chi connectivity index (χ0v) is 17.8. The number of β-amino-alcohol motifs (C(OH)–C–C–N with tert-alkyl or cyclic N) is 1. The SMILES string of the molecule is OC(COc1ccccc1CNC(C1CC1)C1CC1)CN1CCc2ccccc2C1. The monoisotopic (exact) mass is 406 g/mol. The Morgan fingerprint density at radius 1 is 0.967 bits per heavy atom. The number of aliphatic hydroxyl groups excluding tert-OH is 1. The van der Waals surface area contributed by atoms with Crippen LogP contribution in [0.1, 0.15) is 42.4 Å². The Labute approximate surface area is 180 Å². The van der Waals surface area contributed by atoms with Gasteiger partial charge in [0.05, 0.1) is 0 Å². The van der Waals surface area contributed by atoms with Gasteiger partial charge in [-0.15, -0.1) is 0 Å². The molecule has 30 heavy (non-hydrogen) atoms. The number of fused-ring (bicyclic) bond motifs is 1. The Morgan fingerprint density at radius 3 is 2.43 bits per heavy atom. The van der Waals surface area contributed by atoms with Crippen molar-refractivity contribution >= 4 is 0 Å². The van der Waals surface area contributed by atoms with E-state index in [2.05, 4.69) is 46.6 Å². The molecule has 1 unspecified atom stereocenters. The van der Waals surface area contributed by atoms with E-state index in [0.29, 0.717) is 19.2 Å². The fraction of sp³-hybridized carbons (Fsp3) is 0.538. The first-order valence-electron chi connectivity index (χ1n) is 11.7. The fourth-order valence-corrected chi connectivity index (χ4v) is 4.89. The maximum Gasteiger partial charge on any atom is 0.123 e. The molecule has 2 aromatic rings. The summed E-state index contributed by atoms with van der Waals surface area (Å²) >= 11 is 0. The Balaban J connectivity index is 1.12. The molecule has 1 aliphatic heterocycles. The van der Waals surface area contributed by atoms with Crippen LogP contribution in [0, 0.1) is 11.8 Å². The van der Waals surface area contributed by atoms with Crippen molar-refractivity contribution in [3.63, 3.8) is 0 Å². The van der Waals surface area contributed by atoms with Gasteiger partial charge in [-0.1, -0.05) is 42.5 Å². The number of nitrogens with zero attached hydrogens (tertiary/aromatic N) is 1. The molecule has 3 aliphatic rings. The van der Waals surface area contributed by atoms with Crippen molar-refractivity contribution in [2.24, 2.45) is 11.8 Å². The summed E-state index contributed by atoms with van der Waals surface area (Å²) in [6, 6.07) is 17.6. The van der Waals surface area contributed by atoms with Gasteiger partial charge in [-0.3, -0.25) is 4.90 Å². The maximum atomic E-state index is 10.6. The van der Waals surface area contributed by atoms with Crippen molar-refractivity contribution in [3.05, 3.63) is 65.2 Å². The third kappa shape index (κ3) is 5.05. The van der Waals surface area contributed by atoms with E-state index < -0.39 is 6.10 Å². The lowest BCUT2D eigenvalue weighted by Gasteiger charge is -2.30. The fourth-order valence-electron chi connectivity index (χ4n) is 4.89. The van der Waals surface area contributed by atoms with E-state index in [1.807, 2.05) is 12.1 Å². The van der Waals surface area contributed by atoms with Gasteiger partial charge in [0, 0.05) is 37.8 Å². The average molecular weight is 407 g/mol. The van der Waals surface area contributed by atoms with Crippen LogP contribution in [0.25, 0.3) is 0 Å². The Kier molecular flexibility index (Phi) is 6.07. The number of benzene rings is 2. The third-order valence-electron chi connectivity index (χ3n) is 6.87. The predicted octanol–water partition coefficient (Wildman–Crippen LogP) is 3.76. The van der Waals surface area contributed by atoms with E-state index in [4.69, 9.17) is 4.74 Å². The largest absolute Gasteiger partial charge is 0.491 e. The lowest BCUT2D eigenvalue weighted by atomic mass is 10.00. The van der Waals surface area contributed by atoms with E-state index >= 15 is 0 Å². The van der Waals surface area contributed by atoms with Gasteiger partial charge < -0.3 is 15.2 Å². The van der Waals surface area contributed by atoms with Crippen LogP contribution >= 0.6 is 0 Å². The van der Waals surface area contributed by atoms with Gasteiger partial charge in [-0.05, 0) is 61.1 Å². The van der Waals surface area contributed by atoms with E-state index in [-0.39, 0.29) is 0 Å². The molecule has 0 spiro atoms. The number of ether oxygens (including phenoxy) is 1. The van der Waals surface area contributed by atoms with Gasteiger partial charge in [0.1, 0.15) is 18.5 Å². The summed E-state index contributed by atoms with van der Waals surface area (Å²) in [5, 5.41) is 14.4. The number of hydrogen-bond acceptors (Lipinski definition) is 4. The van der Waals surface area contributed by atoms with Crippen molar-refractivity contribution < 1.29 is 9.84 Å². The Bertz CT molecular complexity index is 834. The first kappa shape index (κ1) is 20.0. The van der Waals surface area contributed by atoms with Gasteiger partial charge in [0.2, 0.25) is 0 Å². The number of para-hydroxylation sites is 1. The maximum absolute atomic E-state index is 10.6. The standard InChI is InChI=1S/C26H34N2O2/c29-24(17-28-14-13-19-5-1-2-7-23(19)16-28)18-30-25-8-4-3-6-22(25)15-27-26(20-9-10-20)21-11-12-21/h1-8,20-21,24,26-27,29H,9-18H2. The van der Waals surface area contributed by atoms with Crippen molar-refractivity contribution in [1.82, 2.24) is 10.2 Å². The lowest BCUT2D eigenvalue weighted by molar-refractivity contribution is 0.0634. The first-order chi connectivity index (χ1) is 14.8. The van der Waals surface area contributed by atoms with Crippen LogP contribution in [0.5, 0.6) is 5.75 Å². The van der Waals surface area contributed by atoms with Crippen LogP contribution in [0.15, 0.2) is 48.5 Å². The summed E-state index contributed by atoms with van der Waals surface area (Å²) in [4.78, 5) is 2.33. The molecule has 2 saturated carbocycles. The van der Waals surface area contributed by atoms with Gasteiger partial charge in [-0.25, -0.2) is 0 Å². The highest BCUT2D eigenvalue weighted by atomic mass is 16.5. The van der Waals surface area contributed by atoms with Gasteiger partial charge >= 0.3 is 0 Å². The summed E-state index contributed by atoms with van der Waals surface area (Å²) in [7, 11) is 0. The van der Waals surface area contributed by atoms with Crippen LogP contribution < -0.4 is 10.1 Å². The number of aliphatic hydroxyl groups is 1. The van der Waals surface area contributed by atoms with Crippen LogP contribution in [0.2, 0.25) is 0 Å². The molecular weight excluding hydrogens is 372 g/mol. The van der Waals surface area contributed by atoms with Crippen molar-refractivity contribution in [2.45, 2.75) is 57.3 Å². The third-order valence-corrected chi connectivity index (χ3v) is 6.87. The molecule has 0 aromatic heterocycles. The summed E-state index contributed by atoms with van der Waals surface area (Å²) < 4.78 is 6.08. The Morgan fingerprint density at radius 2 is 1.67 bits per heavy atom. The highest BCUT2D eigenvalue weighted by Gasteiger charge is 2.41. The minimum Gasteiger partial charge on any atom is -0.491 e. The summed E-state index contributed by atoms with van der Waals surface area (Å²) in [5.74, 6) is 2.68. The zero-order chi connectivity index (χ0) is 20.3. The highest BCUT2D eigenvalue weighted by molar-refractivity contribution is 5.33. The molecule has 2 fully saturated rings. The molecule has 1 heterocycles. The first-order valence-corrected chi connectivity index (χ1v) is 11.7. The topological polar surface area (TPSA) is 44.7 Å². The van der Waals surface area contributed by atoms with Gasteiger partial charge in [-0.2, -0.15) is 0 Å². The molecule has 2 aliphatic carbocycles. The normalized spacial score (nSPS) is 20.2. The zero-order valence-electron chi connectivity index (χ0n) is 17.8. The second-order valence-corrected chi connectivity index (χ2v) is 9.41. The number of hydrogen-bond donors (Lipinski definition) is 2. The second-order valence-electron chi connectivity index (χ2n) is 9.41. The van der Waals surface area contributed by atoms with Gasteiger partial charge in [0.25, 0.3) is 0 Å². The van der Waals surface area contributed by atoms with Crippen LogP contribution in [-0.4, -0.2) is 41.8 Å². The van der Waals surface area contributed by atoms with Crippen LogP contribution in [0.4, 0.5) is 0 Å². The smallest absolute Gasteiger partial charge is 0.123 e. The number of rotatable bonds is 10. The van der Waals surface area contributed by atoms with E-state index in [1.54, 1.807) is 0 Å². The van der Waals surface area contributed by atoms with Crippen molar-refractivity contribution in [2.75, 3.05) is 19.7 Å². The number of nitrogens with one attached hydrogen (secondary N) is 1. The molecule has 2 N–H and O–H groups in total. The highest BCUT2D eigenvalue weighted by Crippen LogP contribution is 2.44. The van der Waals surface area contributed by atoms with E-state index in [0.717, 1.165) is 43.6 Å². The lowest BCUT2D eigenvalue weighted by Crippen LogP contribution is -2.38. The molecule has 4 heteroatoms. The molecule has 5 rings (SSSR count). The molecule has 0 saturated heterocycles. The minimum atomic E-state index is -0.484. The average Bonchev–Trinajstić information content (AvgIpc) is 3.68. The summed E-state index contributed by atoms with van der Waals surface area (Å²) in [5.41, 5.74) is 4.02. The molecule has 4 nitrogen and oxygen atoms in total. The molecule has 1 atom stereocenters. The molecular formula is C26H34N2O2. The quantitative estimate of drug-likeness (QED) is 0.631. The van der Waals surface area contributed by atoms with E-state index in [1.165, 1.54) is 42.4 Å². The minimum absolute atomic E-state index is 0.337. The summed E-state index contributed by atoms with van der Waals surface area (Å²) in [6.07, 6.45) is 6.13.